The Bertz CT molecular complexity index is 1090. The van der Waals surface area contributed by atoms with Crippen molar-refractivity contribution in [1.82, 2.24) is 9.97 Å². The Morgan fingerprint density at radius 3 is 2.55 bits per heavy atom. The molecule has 0 aromatic carbocycles. The molecule has 1 aromatic rings. The summed E-state index contributed by atoms with van der Waals surface area (Å²) in [5.74, 6) is 3.40. The van der Waals surface area contributed by atoms with Gasteiger partial charge in [-0.25, -0.2) is 23.7 Å². The maximum absolute atomic E-state index is 11.9. The summed E-state index contributed by atoms with van der Waals surface area (Å²) in [5.41, 5.74) is 11.9. The predicted octanol–water partition coefficient (Wildman–Crippen LogP) is -0.589. The van der Waals surface area contributed by atoms with Gasteiger partial charge < -0.3 is 40.7 Å². The highest BCUT2D eigenvalue weighted by molar-refractivity contribution is 7.66. The second-order valence-electron chi connectivity index (χ2n) is 6.64. The molecular formula is C13H21N6O11P3. The van der Waals surface area contributed by atoms with E-state index in [2.05, 4.69) is 35.1 Å². The van der Waals surface area contributed by atoms with E-state index in [4.69, 9.17) is 26.0 Å². The fraction of sp³-hybridized carbons (Fsp3) is 0.538. The van der Waals surface area contributed by atoms with Crippen molar-refractivity contribution in [2.45, 2.75) is 25.2 Å². The van der Waals surface area contributed by atoms with E-state index in [-0.39, 0.29) is 19.0 Å². The quantitative estimate of drug-likeness (QED) is 0.181. The summed E-state index contributed by atoms with van der Waals surface area (Å²) in [7, 11) is -16.3. The number of nitrogens with two attached hydrogens (primary N) is 2. The Morgan fingerprint density at radius 1 is 1.15 bits per heavy atom. The Kier molecular flexibility index (Phi) is 7.82. The van der Waals surface area contributed by atoms with Crippen LogP contribution < -0.4 is 21.3 Å². The first kappa shape index (κ1) is 26.0. The molecule has 1 aromatic heterocycles. The average Bonchev–Trinajstić information content (AvgIpc) is 3.27. The van der Waals surface area contributed by atoms with Crippen LogP contribution in [0, 0.1) is 12.0 Å². The number of hydrogen-bond acceptors (Lipinski definition) is 13. The average molecular weight is 530 g/mol. The highest BCUT2D eigenvalue weighted by Crippen LogP contribution is 2.66. The van der Waals surface area contributed by atoms with Crippen molar-refractivity contribution in [3.63, 3.8) is 0 Å². The molecule has 0 spiro atoms. The number of rotatable bonds is 8. The van der Waals surface area contributed by atoms with Crippen LogP contribution in [0.25, 0.3) is 0 Å². The van der Waals surface area contributed by atoms with Gasteiger partial charge in [0.05, 0.1) is 19.3 Å². The third-order valence-electron chi connectivity index (χ3n) is 4.26. The van der Waals surface area contributed by atoms with Crippen LogP contribution >= 0.6 is 23.5 Å². The summed E-state index contributed by atoms with van der Waals surface area (Å²) in [6.45, 7) is -0.177. The molecule has 0 aliphatic carbocycles. The van der Waals surface area contributed by atoms with Gasteiger partial charge in [-0.2, -0.15) is 8.62 Å². The van der Waals surface area contributed by atoms with Crippen molar-refractivity contribution in [3.05, 3.63) is 6.33 Å². The molecule has 3 heterocycles. The van der Waals surface area contributed by atoms with E-state index in [0.717, 1.165) is 0 Å². The fourth-order valence-electron chi connectivity index (χ4n) is 3.12. The number of nitrogens with zero attached hydrogens (tertiary/aromatic N) is 4. The molecular weight excluding hydrogens is 509 g/mol. The van der Waals surface area contributed by atoms with Gasteiger partial charge in [0, 0.05) is 6.04 Å². The summed E-state index contributed by atoms with van der Waals surface area (Å²) in [6, 6.07) is 2.85. The van der Waals surface area contributed by atoms with Gasteiger partial charge in [0.2, 0.25) is 0 Å². The lowest BCUT2D eigenvalue weighted by atomic mass is 10.2. The largest absolute Gasteiger partial charge is 0.490 e. The molecule has 1 saturated heterocycles. The molecule has 0 saturated carbocycles. The summed E-state index contributed by atoms with van der Waals surface area (Å²) < 4.78 is 51.7. The van der Waals surface area contributed by atoms with Crippen LogP contribution in [0.2, 0.25) is 0 Å². The molecule has 17 nitrogen and oxygen atoms in total. The van der Waals surface area contributed by atoms with Crippen LogP contribution in [0.4, 0.5) is 17.3 Å². The number of phosphoric ester groups is 1. The number of nitrogen functional groups attached to an aromatic ring is 1. The molecule has 2 unspecified atom stereocenters. The number of aromatic nitrogens is 2. The van der Waals surface area contributed by atoms with Gasteiger partial charge in [-0.1, -0.05) is 5.92 Å². The smallest absolute Gasteiger partial charge is 0.382 e. The van der Waals surface area contributed by atoms with Crippen LogP contribution in [0.3, 0.4) is 0 Å². The van der Waals surface area contributed by atoms with Crippen molar-refractivity contribution in [1.29, 1.82) is 0 Å². The molecule has 3 rings (SSSR count). The lowest BCUT2D eigenvalue weighted by Gasteiger charge is -2.25. The zero-order valence-electron chi connectivity index (χ0n) is 16.7. The molecule has 2 aliphatic heterocycles. The lowest BCUT2D eigenvalue weighted by molar-refractivity contribution is 0.0103. The first-order valence-corrected chi connectivity index (χ1v) is 13.6. The minimum absolute atomic E-state index is 0.127. The number of phosphoric acid groups is 3. The molecule has 0 bridgehead atoms. The molecule has 0 radical (unpaired) electrons. The van der Waals surface area contributed by atoms with Crippen molar-refractivity contribution in [2.24, 2.45) is 5.73 Å². The van der Waals surface area contributed by atoms with Crippen molar-refractivity contribution in [3.8, 4) is 12.0 Å². The Balaban J connectivity index is 1.61. The third kappa shape index (κ3) is 6.93. The standard InChI is InChI=1S/C13H21N6O11P3/c14-4-1-5-18-8-19(13-11(18)12(15)16-7-17-13)10-3-2-9(28-10)6-27-32(23,24)30-33(25,26)29-31(20,21)22/h7,9-10H,2-4,6,8,14H2,(H,23,24)(H,25,26)(H2,15,16,17)(H2,20,21,22)/t9-,10+/m0/s1. The predicted molar refractivity (Wildman–Crippen MR) is 111 cm³/mol. The van der Waals surface area contributed by atoms with E-state index < -0.39 is 42.4 Å². The van der Waals surface area contributed by atoms with Crippen LogP contribution in [0.5, 0.6) is 0 Å². The zero-order valence-corrected chi connectivity index (χ0v) is 19.4. The molecule has 0 amide bonds. The van der Waals surface area contributed by atoms with E-state index in [1.807, 2.05) is 0 Å². The van der Waals surface area contributed by atoms with Crippen molar-refractivity contribution in [2.75, 3.05) is 35.4 Å². The summed E-state index contributed by atoms with van der Waals surface area (Å²) in [5, 5.41) is 0. The summed E-state index contributed by atoms with van der Waals surface area (Å²) in [4.78, 5) is 47.4. The van der Waals surface area contributed by atoms with Crippen molar-refractivity contribution < 1.29 is 51.2 Å². The minimum Gasteiger partial charge on any atom is -0.382 e. The molecule has 4 atom stereocenters. The first-order chi connectivity index (χ1) is 15.3. The van der Waals surface area contributed by atoms with Gasteiger partial charge in [-0.15, -0.1) is 0 Å². The summed E-state index contributed by atoms with van der Waals surface area (Å²) >= 11 is 0. The topological polar surface area (TPSA) is 253 Å². The third-order valence-corrected chi connectivity index (χ3v) is 8.06. The lowest BCUT2D eigenvalue weighted by Crippen LogP contribution is -2.38. The van der Waals surface area contributed by atoms with E-state index in [9.17, 15) is 23.5 Å². The van der Waals surface area contributed by atoms with E-state index in [0.29, 0.717) is 24.3 Å². The normalized spacial score (nSPS) is 24.0. The Labute approximate surface area is 187 Å². The highest BCUT2D eigenvalue weighted by Gasteiger charge is 2.42. The molecule has 33 heavy (non-hydrogen) atoms. The van der Waals surface area contributed by atoms with Gasteiger partial charge in [0.1, 0.15) is 24.9 Å². The molecule has 184 valence electrons. The molecule has 8 N–H and O–H groups in total. The Morgan fingerprint density at radius 2 is 1.88 bits per heavy atom. The van der Waals surface area contributed by atoms with Gasteiger partial charge in [0.15, 0.2) is 11.6 Å². The van der Waals surface area contributed by atoms with Crippen molar-refractivity contribution >= 4 is 40.8 Å². The van der Waals surface area contributed by atoms with Crippen LogP contribution in [-0.4, -0.2) is 61.7 Å². The molecule has 2 aliphatic rings. The van der Waals surface area contributed by atoms with E-state index in [1.165, 1.54) is 6.33 Å². The maximum Gasteiger partial charge on any atom is 0.490 e. The van der Waals surface area contributed by atoms with E-state index >= 15 is 0 Å². The first-order valence-electron chi connectivity index (χ1n) is 9.07. The van der Waals surface area contributed by atoms with Gasteiger partial charge in [-0.05, 0) is 12.8 Å². The zero-order chi connectivity index (χ0) is 24.4. The minimum atomic E-state index is -5.59. The summed E-state index contributed by atoms with van der Waals surface area (Å²) in [6.07, 6.45) is 0.819. The Hall–Kier alpha value is -1.63. The van der Waals surface area contributed by atoms with Gasteiger partial charge in [0.25, 0.3) is 0 Å². The molecule has 1 fully saturated rings. The monoisotopic (exact) mass is 530 g/mol. The van der Waals surface area contributed by atoms with Gasteiger partial charge in [-0.3, -0.25) is 9.42 Å². The van der Waals surface area contributed by atoms with Crippen LogP contribution in [0.15, 0.2) is 6.33 Å². The highest BCUT2D eigenvalue weighted by atomic mass is 31.3. The van der Waals surface area contributed by atoms with E-state index in [1.54, 1.807) is 9.80 Å². The molecule has 20 heteroatoms. The number of fused-ring (bicyclic) bond motifs is 1. The number of hydrogen-bond donors (Lipinski definition) is 6. The SMILES string of the molecule is NCC#CN1CN([C@H]2CC[C@@H](COP(=O)(O)OP(=O)(O)OP(=O)(O)O)O2)c2ncnc(N)c21. The van der Waals surface area contributed by atoms with Crippen LogP contribution in [0.1, 0.15) is 12.8 Å². The van der Waals surface area contributed by atoms with Crippen LogP contribution in [-0.2, 0) is 31.6 Å². The second kappa shape index (κ2) is 9.93. The second-order valence-corrected chi connectivity index (χ2v) is 11.1. The number of anilines is 3. The maximum atomic E-state index is 11.9. The number of ether oxygens (including phenoxy) is 1. The van der Waals surface area contributed by atoms with Gasteiger partial charge >= 0.3 is 23.5 Å². The fourth-order valence-corrected chi connectivity index (χ4v) is 6.17.